The van der Waals surface area contributed by atoms with Crippen LogP contribution in [0.15, 0.2) is 34.6 Å². The number of nitrogens with zero attached hydrogens (tertiary/aromatic N) is 1. The van der Waals surface area contributed by atoms with E-state index in [1.807, 2.05) is 0 Å². The Morgan fingerprint density at radius 1 is 1.36 bits per heavy atom. The summed E-state index contributed by atoms with van der Waals surface area (Å²) in [6, 6.07) is 5.07. The Kier molecular flexibility index (Phi) is 7.17. The number of rotatable bonds is 8. The number of carbonyl (C=O) groups excluding carboxylic acids is 1. The number of allylic oxidation sites excluding steroid dienone is 1. The number of amides is 1. The number of nitrogens with one attached hydrogen (secondary N) is 2. The van der Waals surface area contributed by atoms with Gasteiger partial charge in [0.15, 0.2) is 4.77 Å². The van der Waals surface area contributed by atoms with Gasteiger partial charge in [-0.05, 0) is 68.9 Å². The lowest BCUT2D eigenvalue weighted by atomic mass is 9.97. The van der Waals surface area contributed by atoms with Gasteiger partial charge in [0.1, 0.15) is 0 Å². The summed E-state index contributed by atoms with van der Waals surface area (Å²) < 4.78 is 6.93. The number of aromatic nitrogens is 2. The third-order valence-corrected chi connectivity index (χ3v) is 5.41. The molecule has 1 amide bonds. The van der Waals surface area contributed by atoms with Gasteiger partial charge < -0.3 is 15.0 Å². The maximum absolute atomic E-state index is 12.7. The first-order chi connectivity index (χ1) is 13.6. The molecule has 7 heteroatoms. The Bertz CT molecular complexity index is 991. The summed E-state index contributed by atoms with van der Waals surface area (Å²) in [6.07, 6.45) is 8.69. The van der Waals surface area contributed by atoms with Gasteiger partial charge in [0.2, 0.25) is 0 Å². The second kappa shape index (κ2) is 9.80. The second-order valence-corrected chi connectivity index (χ2v) is 7.49. The van der Waals surface area contributed by atoms with Crippen LogP contribution in [0.2, 0.25) is 0 Å². The van der Waals surface area contributed by atoms with E-state index < -0.39 is 0 Å². The summed E-state index contributed by atoms with van der Waals surface area (Å²) >= 11 is 5.33. The Morgan fingerprint density at radius 2 is 2.21 bits per heavy atom. The largest absolute Gasteiger partial charge is 0.385 e. The molecule has 0 spiro atoms. The molecule has 2 N–H and O–H groups in total. The molecule has 0 unspecified atom stereocenters. The van der Waals surface area contributed by atoms with E-state index in [1.54, 1.807) is 25.3 Å². The van der Waals surface area contributed by atoms with Crippen molar-refractivity contribution in [2.75, 3.05) is 20.3 Å². The second-order valence-electron chi connectivity index (χ2n) is 7.11. The number of ether oxygens (including phenoxy) is 1. The van der Waals surface area contributed by atoms with Crippen molar-refractivity contribution in [3.63, 3.8) is 0 Å². The minimum absolute atomic E-state index is 0.137. The molecule has 3 rings (SSSR count). The Labute approximate surface area is 169 Å². The normalized spacial score (nSPS) is 14.1. The molecular formula is C21H27N3O3S. The topological polar surface area (TPSA) is 76.1 Å². The molecule has 1 aromatic heterocycles. The van der Waals surface area contributed by atoms with E-state index in [9.17, 15) is 9.59 Å². The molecule has 0 saturated carbocycles. The third kappa shape index (κ3) is 4.97. The Morgan fingerprint density at radius 3 is 2.96 bits per heavy atom. The first-order valence-corrected chi connectivity index (χ1v) is 10.2. The third-order valence-electron chi connectivity index (χ3n) is 5.09. The molecule has 1 aliphatic rings. The molecule has 28 heavy (non-hydrogen) atoms. The zero-order valence-corrected chi connectivity index (χ0v) is 17.1. The summed E-state index contributed by atoms with van der Waals surface area (Å²) in [5.74, 6) is -0.137. The number of hydrogen-bond donors (Lipinski definition) is 2. The smallest absolute Gasteiger partial charge is 0.262 e. The maximum atomic E-state index is 12.7. The van der Waals surface area contributed by atoms with Crippen molar-refractivity contribution < 1.29 is 9.53 Å². The van der Waals surface area contributed by atoms with Crippen molar-refractivity contribution in [1.29, 1.82) is 0 Å². The fourth-order valence-corrected chi connectivity index (χ4v) is 3.82. The summed E-state index contributed by atoms with van der Waals surface area (Å²) in [7, 11) is 1.63. The summed E-state index contributed by atoms with van der Waals surface area (Å²) in [5, 5.41) is 3.49. The number of hydrogen-bond acceptors (Lipinski definition) is 4. The molecule has 6 nitrogen and oxygen atoms in total. The SMILES string of the molecule is COCCCn1c(=S)[nH]c2cc(C(=O)NCCC3=CCCCC3)ccc2c1=O. The molecule has 0 saturated heterocycles. The molecule has 0 aliphatic heterocycles. The number of aromatic amines is 1. The Hall–Kier alpha value is -2.25. The van der Waals surface area contributed by atoms with Crippen LogP contribution < -0.4 is 10.9 Å². The van der Waals surface area contributed by atoms with E-state index in [1.165, 1.54) is 23.0 Å². The van der Waals surface area contributed by atoms with Gasteiger partial charge in [-0.3, -0.25) is 14.2 Å². The van der Waals surface area contributed by atoms with E-state index in [-0.39, 0.29) is 11.5 Å². The minimum atomic E-state index is -0.147. The maximum Gasteiger partial charge on any atom is 0.262 e. The molecule has 1 aliphatic carbocycles. The van der Waals surface area contributed by atoms with E-state index in [0.29, 0.717) is 47.4 Å². The van der Waals surface area contributed by atoms with Crippen LogP contribution in [-0.4, -0.2) is 35.7 Å². The predicted molar refractivity (Wildman–Crippen MR) is 113 cm³/mol. The highest BCUT2D eigenvalue weighted by Gasteiger charge is 2.11. The minimum Gasteiger partial charge on any atom is -0.385 e. The van der Waals surface area contributed by atoms with Crippen molar-refractivity contribution in [3.05, 3.63) is 50.5 Å². The van der Waals surface area contributed by atoms with Crippen LogP contribution in [0, 0.1) is 4.77 Å². The molecule has 0 radical (unpaired) electrons. The summed E-state index contributed by atoms with van der Waals surface area (Å²) in [4.78, 5) is 28.3. The van der Waals surface area contributed by atoms with Crippen molar-refractivity contribution in [2.24, 2.45) is 0 Å². The fourth-order valence-electron chi connectivity index (χ4n) is 3.54. The highest BCUT2D eigenvalue weighted by atomic mass is 32.1. The monoisotopic (exact) mass is 401 g/mol. The van der Waals surface area contributed by atoms with E-state index in [0.717, 1.165) is 19.3 Å². The lowest BCUT2D eigenvalue weighted by Gasteiger charge is -2.13. The average Bonchev–Trinajstić information content (AvgIpc) is 2.71. The molecule has 2 aromatic rings. The van der Waals surface area contributed by atoms with E-state index in [4.69, 9.17) is 17.0 Å². The van der Waals surface area contributed by atoms with Crippen LogP contribution in [0.25, 0.3) is 10.9 Å². The van der Waals surface area contributed by atoms with Crippen molar-refractivity contribution in [3.8, 4) is 0 Å². The zero-order chi connectivity index (χ0) is 19.9. The van der Waals surface area contributed by atoms with Gasteiger partial charge in [0.25, 0.3) is 11.5 Å². The van der Waals surface area contributed by atoms with Crippen LogP contribution in [-0.2, 0) is 11.3 Å². The van der Waals surface area contributed by atoms with Gasteiger partial charge in [-0.25, -0.2) is 0 Å². The van der Waals surface area contributed by atoms with Gasteiger partial charge in [-0.15, -0.1) is 0 Å². The van der Waals surface area contributed by atoms with E-state index in [2.05, 4.69) is 16.4 Å². The van der Waals surface area contributed by atoms with Gasteiger partial charge >= 0.3 is 0 Å². The Balaban J connectivity index is 1.71. The summed E-state index contributed by atoms with van der Waals surface area (Å²) in [6.45, 7) is 1.69. The number of carbonyl (C=O) groups is 1. The predicted octanol–water partition coefficient (Wildman–Crippen LogP) is 3.72. The molecule has 1 heterocycles. The average molecular weight is 402 g/mol. The molecule has 1 aromatic carbocycles. The van der Waals surface area contributed by atoms with Crippen molar-refractivity contribution in [2.45, 2.75) is 45.1 Å². The van der Waals surface area contributed by atoms with Crippen molar-refractivity contribution >= 4 is 29.0 Å². The first kappa shape index (κ1) is 20.5. The summed E-state index contributed by atoms with van der Waals surface area (Å²) in [5.41, 5.74) is 2.39. The highest BCUT2D eigenvalue weighted by Crippen LogP contribution is 2.19. The number of methoxy groups -OCH3 is 1. The number of benzene rings is 1. The van der Waals surface area contributed by atoms with Crippen LogP contribution in [0.5, 0.6) is 0 Å². The van der Waals surface area contributed by atoms with Gasteiger partial charge in [0, 0.05) is 32.4 Å². The standard InChI is InChI=1S/C21H27N3O3S/c1-27-13-5-12-24-20(26)17-9-8-16(14-18(17)23-21(24)28)19(25)22-11-10-15-6-3-2-4-7-15/h6,8-9,14H,2-5,7,10-13H2,1H3,(H,22,25)(H,23,28). The molecule has 0 fully saturated rings. The van der Waals surface area contributed by atoms with Crippen LogP contribution in [0.3, 0.4) is 0 Å². The number of H-pyrrole nitrogens is 1. The highest BCUT2D eigenvalue weighted by molar-refractivity contribution is 7.71. The van der Waals surface area contributed by atoms with Crippen LogP contribution >= 0.6 is 12.2 Å². The van der Waals surface area contributed by atoms with Gasteiger partial charge in [0.05, 0.1) is 10.9 Å². The lowest BCUT2D eigenvalue weighted by molar-refractivity contribution is 0.0954. The van der Waals surface area contributed by atoms with Crippen molar-refractivity contribution in [1.82, 2.24) is 14.9 Å². The van der Waals surface area contributed by atoms with Gasteiger partial charge in [-0.2, -0.15) is 0 Å². The molecule has 150 valence electrons. The quantitative estimate of drug-likeness (QED) is 0.402. The number of fused-ring (bicyclic) bond motifs is 1. The van der Waals surface area contributed by atoms with E-state index >= 15 is 0 Å². The first-order valence-electron chi connectivity index (χ1n) is 9.82. The van der Waals surface area contributed by atoms with Crippen LogP contribution in [0.1, 0.15) is 48.9 Å². The lowest BCUT2D eigenvalue weighted by Crippen LogP contribution is -2.26. The molecule has 0 bridgehead atoms. The molecular weight excluding hydrogens is 374 g/mol. The van der Waals surface area contributed by atoms with Gasteiger partial charge in [-0.1, -0.05) is 11.6 Å². The molecule has 0 atom stereocenters. The van der Waals surface area contributed by atoms with Crippen LogP contribution in [0.4, 0.5) is 0 Å². The zero-order valence-electron chi connectivity index (χ0n) is 16.3. The fraction of sp³-hybridized carbons (Fsp3) is 0.476.